The van der Waals surface area contributed by atoms with Gasteiger partial charge >= 0.3 is 0 Å². The summed E-state index contributed by atoms with van der Waals surface area (Å²) in [4.78, 5) is 5.55. The molecule has 3 nitrogen and oxygen atoms in total. The van der Waals surface area contributed by atoms with E-state index < -0.39 is 0 Å². The van der Waals surface area contributed by atoms with Gasteiger partial charge in [0.25, 0.3) is 0 Å². The fourth-order valence-electron chi connectivity index (χ4n) is 1.31. The van der Waals surface area contributed by atoms with Gasteiger partial charge in [-0.25, -0.2) is 4.98 Å². The molecule has 3 N–H and O–H groups in total. The van der Waals surface area contributed by atoms with Crippen molar-refractivity contribution in [2.75, 3.05) is 13.1 Å². The third kappa shape index (κ3) is 3.74. The lowest BCUT2D eigenvalue weighted by Gasteiger charge is -2.10. The molecule has 1 unspecified atom stereocenters. The summed E-state index contributed by atoms with van der Waals surface area (Å²) in [5.74, 6) is 0.660. The molecule has 0 aliphatic rings. The molecule has 1 atom stereocenters. The fraction of sp³-hybridized carbons (Fsp3) is 0.700. The third-order valence-corrected chi connectivity index (χ3v) is 3.22. The van der Waals surface area contributed by atoms with Crippen LogP contribution < -0.4 is 11.1 Å². The van der Waals surface area contributed by atoms with Gasteiger partial charge in [0.1, 0.15) is 0 Å². The van der Waals surface area contributed by atoms with Gasteiger partial charge in [-0.15, -0.1) is 11.3 Å². The summed E-state index contributed by atoms with van der Waals surface area (Å²) < 4.78 is 0. The van der Waals surface area contributed by atoms with Crippen LogP contribution in [0.3, 0.4) is 0 Å². The van der Waals surface area contributed by atoms with Crippen LogP contribution in [0.5, 0.6) is 0 Å². The van der Waals surface area contributed by atoms with Gasteiger partial charge in [-0.1, -0.05) is 6.92 Å². The third-order valence-electron chi connectivity index (χ3n) is 2.28. The van der Waals surface area contributed by atoms with Crippen LogP contribution in [0.1, 0.15) is 23.9 Å². The van der Waals surface area contributed by atoms with Crippen molar-refractivity contribution in [3.63, 3.8) is 0 Å². The molecule has 0 radical (unpaired) electrons. The zero-order valence-electron chi connectivity index (χ0n) is 8.92. The van der Waals surface area contributed by atoms with Crippen LogP contribution in [-0.4, -0.2) is 18.1 Å². The minimum atomic E-state index is 0.660. The zero-order valence-corrected chi connectivity index (χ0v) is 9.73. The van der Waals surface area contributed by atoms with Crippen LogP contribution in [-0.2, 0) is 6.54 Å². The number of thiazole rings is 1. The molecule has 0 aliphatic heterocycles. The van der Waals surface area contributed by atoms with Gasteiger partial charge in [0, 0.05) is 11.4 Å². The van der Waals surface area contributed by atoms with E-state index in [0.29, 0.717) is 5.92 Å². The first-order valence-corrected chi connectivity index (χ1v) is 5.91. The predicted octanol–water partition coefficient (Wildman–Crippen LogP) is 1.53. The Hall–Kier alpha value is -0.450. The van der Waals surface area contributed by atoms with Crippen LogP contribution in [0.2, 0.25) is 0 Å². The van der Waals surface area contributed by atoms with E-state index in [1.54, 1.807) is 11.3 Å². The summed E-state index contributed by atoms with van der Waals surface area (Å²) in [5.41, 5.74) is 8.53. The summed E-state index contributed by atoms with van der Waals surface area (Å²) in [6, 6.07) is 0. The molecular formula is C10H19N3S. The average molecular weight is 213 g/mol. The second-order valence-electron chi connectivity index (χ2n) is 3.67. The smallest absolute Gasteiger partial charge is 0.0798 e. The van der Waals surface area contributed by atoms with E-state index in [1.165, 1.54) is 4.88 Å². The van der Waals surface area contributed by atoms with Gasteiger partial charge in [-0.05, 0) is 32.4 Å². The molecule has 0 aromatic carbocycles. The first-order valence-electron chi connectivity index (χ1n) is 5.03. The van der Waals surface area contributed by atoms with Crippen molar-refractivity contribution < 1.29 is 0 Å². The summed E-state index contributed by atoms with van der Waals surface area (Å²) in [5, 5.41) is 3.43. The molecule has 0 saturated heterocycles. The molecule has 1 aromatic rings. The summed E-state index contributed by atoms with van der Waals surface area (Å²) in [6.45, 7) is 7.03. The van der Waals surface area contributed by atoms with Crippen molar-refractivity contribution in [2.24, 2.45) is 11.7 Å². The van der Waals surface area contributed by atoms with Crippen LogP contribution in [0, 0.1) is 12.8 Å². The molecule has 0 saturated carbocycles. The Kier molecular flexibility index (Phi) is 5.07. The van der Waals surface area contributed by atoms with E-state index in [9.17, 15) is 0 Å². The van der Waals surface area contributed by atoms with Crippen molar-refractivity contribution in [3.05, 3.63) is 16.1 Å². The van der Waals surface area contributed by atoms with Crippen molar-refractivity contribution >= 4 is 11.3 Å². The van der Waals surface area contributed by atoms with Crippen molar-refractivity contribution in [3.8, 4) is 0 Å². The van der Waals surface area contributed by atoms with Crippen molar-refractivity contribution in [1.82, 2.24) is 10.3 Å². The quantitative estimate of drug-likeness (QED) is 0.753. The van der Waals surface area contributed by atoms with Crippen LogP contribution in [0.25, 0.3) is 0 Å². The first kappa shape index (κ1) is 11.6. The summed E-state index contributed by atoms with van der Waals surface area (Å²) >= 11 is 1.72. The van der Waals surface area contributed by atoms with E-state index in [4.69, 9.17) is 5.73 Å². The highest BCUT2D eigenvalue weighted by atomic mass is 32.1. The first-order chi connectivity index (χ1) is 6.74. The second-order valence-corrected chi connectivity index (χ2v) is 4.61. The monoisotopic (exact) mass is 213 g/mol. The molecule has 4 heteroatoms. The number of nitrogens with one attached hydrogen (secondary N) is 1. The topological polar surface area (TPSA) is 50.9 Å². The van der Waals surface area contributed by atoms with E-state index in [1.807, 2.05) is 5.51 Å². The van der Waals surface area contributed by atoms with Gasteiger partial charge < -0.3 is 11.1 Å². The molecule has 1 rings (SSSR count). The maximum absolute atomic E-state index is 5.48. The Balaban J connectivity index is 2.19. The zero-order chi connectivity index (χ0) is 10.4. The van der Waals surface area contributed by atoms with E-state index >= 15 is 0 Å². The number of hydrogen-bond acceptors (Lipinski definition) is 4. The maximum Gasteiger partial charge on any atom is 0.0798 e. The predicted molar refractivity (Wildman–Crippen MR) is 61.4 cm³/mol. The molecule has 1 aromatic heterocycles. The van der Waals surface area contributed by atoms with E-state index in [-0.39, 0.29) is 0 Å². The fourth-order valence-corrected chi connectivity index (χ4v) is 2.06. The highest BCUT2D eigenvalue weighted by molar-refractivity contribution is 7.09. The maximum atomic E-state index is 5.48. The van der Waals surface area contributed by atoms with E-state index in [2.05, 4.69) is 24.1 Å². The van der Waals surface area contributed by atoms with Gasteiger partial charge in [0.15, 0.2) is 0 Å². The number of aromatic nitrogens is 1. The highest BCUT2D eigenvalue weighted by Gasteiger charge is 2.03. The van der Waals surface area contributed by atoms with Crippen LogP contribution in [0.15, 0.2) is 5.51 Å². The summed E-state index contributed by atoms with van der Waals surface area (Å²) in [7, 11) is 0. The Morgan fingerprint density at radius 3 is 3.00 bits per heavy atom. The van der Waals surface area contributed by atoms with Crippen molar-refractivity contribution in [2.45, 2.75) is 26.8 Å². The second kappa shape index (κ2) is 6.11. The summed E-state index contributed by atoms with van der Waals surface area (Å²) in [6.07, 6.45) is 1.09. The number of nitrogens with zero attached hydrogens (tertiary/aromatic N) is 1. The molecule has 0 fully saturated rings. The lowest BCUT2D eigenvalue weighted by Crippen LogP contribution is -2.22. The molecule has 80 valence electrons. The molecular weight excluding hydrogens is 194 g/mol. The van der Waals surface area contributed by atoms with Crippen LogP contribution >= 0.6 is 11.3 Å². The Bertz CT molecular complexity index is 260. The van der Waals surface area contributed by atoms with Crippen molar-refractivity contribution in [1.29, 1.82) is 0 Å². The number of nitrogens with two attached hydrogens (primary N) is 1. The lowest BCUT2D eigenvalue weighted by atomic mass is 10.1. The van der Waals surface area contributed by atoms with Crippen LogP contribution in [0.4, 0.5) is 0 Å². The van der Waals surface area contributed by atoms with E-state index in [0.717, 1.165) is 31.7 Å². The minimum absolute atomic E-state index is 0.660. The molecule has 1 heterocycles. The molecule has 0 bridgehead atoms. The number of rotatable bonds is 6. The largest absolute Gasteiger partial charge is 0.330 e. The average Bonchev–Trinajstić information content (AvgIpc) is 2.52. The standard InChI is InChI=1S/C10H19N3S/c1-8(3-4-11)5-12-6-10-9(2)13-7-14-10/h7-8,12H,3-6,11H2,1-2H3. The highest BCUT2D eigenvalue weighted by Crippen LogP contribution is 2.11. The number of hydrogen-bond donors (Lipinski definition) is 2. The van der Waals surface area contributed by atoms with Gasteiger partial charge in [-0.3, -0.25) is 0 Å². The Morgan fingerprint density at radius 1 is 1.64 bits per heavy atom. The Morgan fingerprint density at radius 2 is 2.43 bits per heavy atom. The normalized spacial score (nSPS) is 13.1. The Labute approximate surface area is 89.7 Å². The molecule has 14 heavy (non-hydrogen) atoms. The lowest BCUT2D eigenvalue weighted by molar-refractivity contribution is 0.487. The SMILES string of the molecule is Cc1ncsc1CNCC(C)CCN. The minimum Gasteiger partial charge on any atom is -0.330 e. The number of aryl methyl sites for hydroxylation is 1. The molecule has 0 aliphatic carbocycles. The molecule has 0 amide bonds. The van der Waals surface area contributed by atoms with Gasteiger partial charge in [0.2, 0.25) is 0 Å². The van der Waals surface area contributed by atoms with Gasteiger partial charge in [-0.2, -0.15) is 0 Å². The molecule has 0 spiro atoms. The van der Waals surface area contributed by atoms with Gasteiger partial charge in [0.05, 0.1) is 11.2 Å².